The number of ether oxygens (including phenoxy) is 1. The number of esters is 1. The molecule has 2 aliphatic rings. The molecule has 1 unspecified atom stereocenters. The number of carbonyl (C=O) groups is 2. The van der Waals surface area contributed by atoms with Crippen molar-refractivity contribution in [2.24, 2.45) is 5.92 Å². The van der Waals surface area contributed by atoms with Crippen LogP contribution in [-0.2, 0) is 14.3 Å². The van der Waals surface area contributed by atoms with Gasteiger partial charge >= 0.3 is 5.97 Å². The second kappa shape index (κ2) is 6.69. The number of cyclic esters (lactones) is 1. The van der Waals surface area contributed by atoms with Gasteiger partial charge < -0.3 is 10.1 Å². The van der Waals surface area contributed by atoms with Gasteiger partial charge in [-0.2, -0.15) is 0 Å². The van der Waals surface area contributed by atoms with Crippen LogP contribution in [0, 0.1) is 5.92 Å². The topological polar surface area (TPSA) is 55.4 Å². The first kappa shape index (κ1) is 15.3. The Morgan fingerprint density at radius 3 is 2.36 bits per heavy atom. The lowest BCUT2D eigenvalue weighted by atomic mass is 9.78. The number of halogens is 1. The SMILES string of the molecule is O=C(NC1CCOC1=O)C1CCC(c2ccc(Cl)cc2)CC1. The van der Waals surface area contributed by atoms with Crippen LogP contribution in [0.2, 0.25) is 5.02 Å². The van der Waals surface area contributed by atoms with E-state index in [0.29, 0.717) is 18.9 Å². The second-order valence-corrected chi connectivity index (χ2v) is 6.55. The molecule has 1 atom stereocenters. The highest BCUT2D eigenvalue weighted by Crippen LogP contribution is 2.36. The summed E-state index contributed by atoms with van der Waals surface area (Å²) in [5.74, 6) is 0.205. The maximum Gasteiger partial charge on any atom is 0.328 e. The van der Waals surface area contributed by atoms with Crippen molar-refractivity contribution >= 4 is 23.5 Å². The van der Waals surface area contributed by atoms with Crippen molar-refractivity contribution in [3.63, 3.8) is 0 Å². The average Bonchev–Trinajstić information content (AvgIpc) is 2.93. The number of hydrogen-bond acceptors (Lipinski definition) is 3. The zero-order chi connectivity index (χ0) is 15.5. The van der Waals surface area contributed by atoms with Crippen molar-refractivity contribution in [1.82, 2.24) is 5.32 Å². The number of benzene rings is 1. The van der Waals surface area contributed by atoms with Crippen molar-refractivity contribution in [1.29, 1.82) is 0 Å². The van der Waals surface area contributed by atoms with E-state index in [0.717, 1.165) is 30.7 Å². The van der Waals surface area contributed by atoms with Crippen LogP contribution in [-0.4, -0.2) is 24.5 Å². The number of hydrogen-bond donors (Lipinski definition) is 1. The molecule has 0 radical (unpaired) electrons. The quantitative estimate of drug-likeness (QED) is 0.871. The lowest BCUT2D eigenvalue weighted by Crippen LogP contribution is -2.42. The summed E-state index contributed by atoms with van der Waals surface area (Å²) in [6.07, 6.45) is 4.30. The Balaban J connectivity index is 1.51. The van der Waals surface area contributed by atoms with Gasteiger partial charge in [-0.15, -0.1) is 0 Å². The maximum absolute atomic E-state index is 12.3. The summed E-state index contributed by atoms with van der Waals surface area (Å²) in [7, 11) is 0. The minimum absolute atomic E-state index is 0.00148. The van der Waals surface area contributed by atoms with Crippen LogP contribution in [0.3, 0.4) is 0 Å². The summed E-state index contributed by atoms with van der Waals surface area (Å²) >= 11 is 5.92. The molecule has 1 aliphatic heterocycles. The Bertz CT molecular complexity index is 550. The Morgan fingerprint density at radius 1 is 1.09 bits per heavy atom. The van der Waals surface area contributed by atoms with Crippen molar-refractivity contribution < 1.29 is 14.3 Å². The molecule has 1 aliphatic carbocycles. The Labute approximate surface area is 135 Å². The molecule has 22 heavy (non-hydrogen) atoms. The molecule has 1 aromatic carbocycles. The van der Waals surface area contributed by atoms with E-state index >= 15 is 0 Å². The Kier molecular flexibility index (Phi) is 4.67. The molecule has 1 aromatic rings. The first-order chi connectivity index (χ1) is 10.6. The number of amides is 1. The van der Waals surface area contributed by atoms with Crippen molar-refractivity contribution in [2.75, 3.05) is 6.61 Å². The van der Waals surface area contributed by atoms with E-state index in [9.17, 15) is 9.59 Å². The Morgan fingerprint density at radius 2 is 1.77 bits per heavy atom. The number of nitrogens with one attached hydrogen (secondary N) is 1. The first-order valence-electron chi connectivity index (χ1n) is 7.86. The molecule has 0 aromatic heterocycles. The molecule has 118 valence electrons. The minimum atomic E-state index is -0.443. The molecule has 1 heterocycles. The van der Waals surface area contributed by atoms with Gasteiger partial charge in [0.1, 0.15) is 6.04 Å². The summed E-state index contributed by atoms with van der Waals surface area (Å²) < 4.78 is 4.87. The lowest BCUT2D eigenvalue weighted by molar-refractivity contribution is -0.142. The van der Waals surface area contributed by atoms with Gasteiger partial charge in [0.15, 0.2) is 0 Å². The van der Waals surface area contributed by atoms with Gasteiger partial charge in [0.25, 0.3) is 0 Å². The third-order valence-electron chi connectivity index (χ3n) is 4.69. The lowest BCUT2D eigenvalue weighted by Gasteiger charge is -2.28. The van der Waals surface area contributed by atoms with Crippen LogP contribution >= 0.6 is 11.6 Å². The fourth-order valence-electron chi connectivity index (χ4n) is 3.34. The molecule has 2 fully saturated rings. The molecule has 4 nitrogen and oxygen atoms in total. The highest BCUT2D eigenvalue weighted by molar-refractivity contribution is 6.30. The van der Waals surface area contributed by atoms with Crippen LogP contribution in [0.5, 0.6) is 0 Å². The normalized spacial score (nSPS) is 28.2. The summed E-state index contributed by atoms with van der Waals surface area (Å²) in [6, 6.07) is 7.54. The molecule has 1 saturated heterocycles. The third-order valence-corrected chi connectivity index (χ3v) is 4.94. The summed E-state index contributed by atoms with van der Waals surface area (Å²) in [5.41, 5.74) is 1.29. The number of carbonyl (C=O) groups excluding carboxylic acids is 2. The van der Waals surface area contributed by atoms with Crippen LogP contribution in [0.15, 0.2) is 24.3 Å². The molecule has 0 bridgehead atoms. The van der Waals surface area contributed by atoms with Crippen molar-refractivity contribution in [3.8, 4) is 0 Å². The molecule has 1 N–H and O–H groups in total. The molecular weight excluding hydrogens is 302 g/mol. The second-order valence-electron chi connectivity index (χ2n) is 6.12. The van der Waals surface area contributed by atoms with Crippen molar-refractivity contribution in [2.45, 2.75) is 44.1 Å². The first-order valence-corrected chi connectivity index (χ1v) is 8.24. The fraction of sp³-hybridized carbons (Fsp3) is 0.529. The van der Waals surface area contributed by atoms with E-state index in [1.54, 1.807) is 0 Å². The summed E-state index contributed by atoms with van der Waals surface area (Å²) in [5, 5.41) is 3.58. The van der Waals surface area contributed by atoms with Crippen LogP contribution in [0.1, 0.15) is 43.6 Å². The van der Waals surface area contributed by atoms with Crippen LogP contribution < -0.4 is 5.32 Å². The van der Waals surface area contributed by atoms with E-state index in [1.807, 2.05) is 12.1 Å². The monoisotopic (exact) mass is 321 g/mol. The highest BCUT2D eigenvalue weighted by Gasteiger charge is 2.32. The predicted molar refractivity (Wildman–Crippen MR) is 83.7 cm³/mol. The molecule has 3 rings (SSSR count). The number of rotatable bonds is 3. The third kappa shape index (κ3) is 3.43. The zero-order valence-electron chi connectivity index (χ0n) is 12.4. The van der Waals surface area contributed by atoms with Gasteiger partial charge in [-0.1, -0.05) is 23.7 Å². The van der Waals surface area contributed by atoms with E-state index < -0.39 is 6.04 Å². The van der Waals surface area contributed by atoms with Gasteiger partial charge in [-0.05, 0) is 49.3 Å². The van der Waals surface area contributed by atoms with E-state index in [4.69, 9.17) is 16.3 Å². The molecule has 5 heteroatoms. The molecule has 1 amide bonds. The standard InChI is InChI=1S/C17H20ClNO3/c18-14-7-5-12(6-8-14)11-1-3-13(4-2-11)16(20)19-15-9-10-22-17(15)21/h5-8,11,13,15H,1-4,9-10H2,(H,19,20). The minimum Gasteiger partial charge on any atom is -0.464 e. The van der Waals surface area contributed by atoms with Crippen molar-refractivity contribution in [3.05, 3.63) is 34.9 Å². The predicted octanol–water partition coefficient (Wildman–Crippen LogP) is 3.05. The van der Waals surface area contributed by atoms with Gasteiger partial charge in [-0.25, -0.2) is 4.79 Å². The largest absolute Gasteiger partial charge is 0.464 e. The molecule has 1 saturated carbocycles. The van der Waals surface area contributed by atoms with Gasteiger partial charge in [0, 0.05) is 17.4 Å². The summed E-state index contributed by atoms with van der Waals surface area (Å²) in [4.78, 5) is 23.7. The molecular formula is C17H20ClNO3. The molecule has 0 spiro atoms. The smallest absolute Gasteiger partial charge is 0.328 e. The van der Waals surface area contributed by atoms with E-state index in [1.165, 1.54) is 5.56 Å². The summed E-state index contributed by atoms with van der Waals surface area (Å²) in [6.45, 7) is 0.410. The zero-order valence-corrected chi connectivity index (χ0v) is 13.1. The van der Waals surface area contributed by atoms with Gasteiger partial charge in [-0.3, -0.25) is 4.79 Å². The van der Waals surface area contributed by atoms with E-state index in [2.05, 4.69) is 17.4 Å². The fourth-order valence-corrected chi connectivity index (χ4v) is 3.47. The van der Waals surface area contributed by atoms with Crippen LogP contribution in [0.4, 0.5) is 0 Å². The highest BCUT2D eigenvalue weighted by atomic mass is 35.5. The van der Waals surface area contributed by atoms with Gasteiger partial charge in [0.2, 0.25) is 5.91 Å². The average molecular weight is 322 g/mol. The van der Waals surface area contributed by atoms with E-state index in [-0.39, 0.29) is 17.8 Å². The van der Waals surface area contributed by atoms with Crippen LogP contribution in [0.25, 0.3) is 0 Å². The van der Waals surface area contributed by atoms with Gasteiger partial charge in [0.05, 0.1) is 6.61 Å². The maximum atomic E-state index is 12.3. The Hall–Kier alpha value is -1.55.